The van der Waals surface area contributed by atoms with Crippen LogP contribution in [0.25, 0.3) is 0 Å². The van der Waals surface area contributed by atoms with Crippen LogP contribution >= 0.6 is 0 Å². The van der Waals surface area contributed by atoms with Crippen molar-refractivity contribution in [2.75, 3.05) is 11.4 Å². The first-order valence-electron chi connectivity index (χ1n) is 13.6. The standard InChI is InChI=1S/C29H35F3N6O3/c1-27(2,3)18-5-7-20(8-6-18)38(25(40)22-13-21(39)16-37(22)17-33)28(4,23-14-34-15-24(30)36-23)26(41)35-19-9-11-29(31,32)12-10-19/h5-8,14-15,19,21-22,39H,9-13,16H2,1-4H3,(H,35,41). The van der Waals surface area contributed by atoms with Gasteiger partial charge in [-0.25, -0.2) is 13.8 Å². The lowest BCUT2D eigenvalue weighted by atomic mass is 9.86. The number of β-amino-alcohol motifs (C(OH)–C–C–N with tert-alkyl or cyclic N) is 1. The molecule has 4 rings (SSSR count). The zero-order valence-corrected chi connectivity index (χ0v) is 23.6. The van der Waals surface area contributed by atoms with E-state index in [1.165, 1.54) is 13.1 Å². The second-order valence-electron chi connectivity index (χ2n) is 12.0. The number of halogens is 3. The molecule has 41 heavy (non-hydrogen) atoms. The zero-order chi connectivity index (χ0) is 30.2. The summed E-state index contributed by atoms with van der Waals surface area (Å²) in [4.78, 5) is 38.6. The Balaban J connectivity index is 1.85. The van der Waals surface area contributed by atoms with Gasteiger partial charge in [0.25, 0.3) is 11.8 Å². The van der Waals surface area contributed by atoms with Crippen LogP contribution in [0.15, 0.2) is 36.7 Å². The van der Waals surface area contributed by atoms with Crippen LogP contribution in [-0.4, -0.2) is 62.4 Å². The molecule has 1 saturated carbocycles. The Bertz CT molecular complexity index is 1320. The van der Waals surface area contributed by atoms with Crippen molar-refractivity contribution in [2.45, 2.75) is 94.9 Å². The molecule has 9 nitrogen and oxygen atoms in total. The number of rotatable bonds is 6. The van der Waals surface area contributed by atoms with Crippen LogP contribution in [0.1, 0.15) is 71.1 Å². The van der Waals surface area contributed by atoms with Crippen molar-refractivity contribution in [1.29, 1.82) is 5.26 Å². The summed E-state index contributed by atoms with van der Waals surface area (Å²) < 4.78 is 42.1. The van der Waals surface area contributed by atoms with Gasteiger partial charge in [-0.1, -0.05) is 32.9 Å². The number of hydrogen-bond acceptors (Lipinski definition) is 7. The largest absolute Gasteiger partial charge is 0.391 e. The molecule has 1 aromatic heterocycles. The van der Waals surface area contributed by atoms with Crippen molar-refractivity contribution < 1.29 is 27.9 Å². The van der Waals surface area contributed by atoms with E-state index in [1.807, 2.05) is 27.0 Å². The van der Waals surface area contributed by atoms with Crippen molar-refractivity contribution in [2.24, 2.45) is 0 Å². The number of carbonyl (C=O) groups excluding carboxylic acids is 2. The number of aliphatic hydroxyl groups is 1. The molecule has 2 heterocycles. The molecule has 2 amide bonds. The van der Waals surface area contributed by atoms with E-state index in [4.69, 9.17) is 0 Å². The minimum Gasteiger partial charge on any atom is -0.391 e. The molecule has 2 fully saturated rings. The number of hydrogen-bond donors (Lipinski definition) is 2. The van der Waals surface area contributed by atoms with Gasteiger partial charge in [0, 0.05) is 31.0 Å². The van der Waals surface area contributed by atoms with Gasteiger partial charge in [0.15, 0.2) is 11.7 Å². The van der Waals surface area contributed by atoms with Gasteiger partial charge in [-0.3, -0.25) is 24.4 Å². The van der Waals surface area contributed by atoms with Gasteiger partial charge in [0.2, 0.25) is 11.9 Å². The SMILES string of the molecule is CC(C)(C)c1ccc(N(C(=O)C2CC(O)CN2C#N)C(C)(C(=O)NC2CCC(F)(F)CC2)c2cncc(F)n2)cc1. The fraction of sp³-hybridized carbons (Fsp3) is 0.552. The molecule has 0 bridgehead atoms. The smallest absolute Gasteiger partial charge is 0.252 e. The average Bonchev–Trinajstić information content (AvgIpc) is 3.30. The Morgan fingerprint density at radius 3 is 2.34 bits per heavy atom. The highest BCUT2D eigenvalue weighted by atomic mass is 19.3. The number of nitrogens with one attached hydrogen (secondary N) is 1. The minimum atomic E-state index is -2.82. The number of likely N-dealkylation sites (tertiary alicyclic amines) is 1. The van der Waals surface area contributed by atoms with E-state index >= 15 is 0 Å². The topological polar surface area (TPSA) is 122 Å². The highest BCUT2D eigenvalue weighted by molar-refractivity contribution is 6.06. The first kappa shape index (κ1) is 30.2. The summed E-state index contributed by atoms with van der Waals surface area (Å²) in [5, 5.41) is 22.8. The number of anilines is 1. The van der Waals surface area contributed by atoms with E-state index in [2.05, 4.69) is 15.3 Å². The van der Waals surface area contributed by atoms with E-state index in [0.717, 1.165) is 21.6 Å². The third-order valence-electron chi connectivity index (χ3n) is 7.95. The molecule has 0 spiro atoms. The summed E-state index contributed by atoms with van der Waals surface area (Å²) in [5.41, 5.74) is -1.21. The Morgan fingerprint density at radius 2 is 1.78 bits per heavy atom. The number of amides is 2. The molecule has 1 aromatic carbocycles. The molecule has 1 aliphatic heterocycles. The number of aromatic nitrogens is 2. The van der Waals surface area contributed by atoms with Gasteiger partial charge in [-0.2, -0.15) is 9.65 Å². The highest BCUT2D eigenvalue weighted by Crippen LogP contribution is 2.38. The molecule has 1 saturated heterocycles. The third kappa shape index (κ3) is 6.30. The average molecular weight is 573 g/mol. The number of nitriles is 1. The molecule has 1 aliphatic carbocycles. The third-order valence-corrected chi connectivity index (χ3v) is 7.95. The molecular formula is C29H35F3N6O3. The fourth-order valence-corrected chi connectivity index (χ4v) is 5.44. The van der Waals surface area contributed by atoms with Crippen molar-refractivity contribution in [3.05, 3.63) is 53.9 Å². The molecular weight excluding hydrogens is 537 g/mol. The first-order chi connectivity index (χ1) is 19.2. The van der Waals surface area contributed by atoms with Crippen LogP contribution in [0.2, 0.25) is 0 Å². The molecule has 0 radical (unpaired) electrons. The number of nitrogens with zero attached hydrogens (tertiary/aromatic N) is 5. The predicted octanol–water partition coefficient (Wildman–Crippen LogP) is 3.77. The summed E-state index contributed by atoms with van der Waals surface area (Å²) in [6.07, 6.45) is 2.19. The summed E-state index contributed by atoms with van der Waals surface area (Å²) in [7, 11) is 0. The van der Waals surface area contributed by atoms with Crippen LogP contribution in [0.4, 0.5) is 18.9 Å². The quantitative estimate of drug-likeness (QED) is 0.506. The first-order valence-corrected chi connectivity index (χ1v) is 13.6. The Labute approximate surface area is 237 Å². The molecule has 2 aromatic rings. The van der Waals surface area contributed by atoms with Crippen molar-refractivity contribution in [3.8, 4) is 6.19 Å². The Hall–Kier alpha value is -3.72. The lowest BCUT2D eigenvalue weighted by Gasteiger charge is -2.42. The van der Waals surface area contributed by atoms with E-state index in [9.17, 15) is 33.1 Å². The van der Waals surface area contributed by atoms with Gasteiger partial charge in [-0.15, -0.1) is 0 Å². The summed E-state index contributed by atoms with van der Waals surface area (Å²) in [5.74, 6) is -5.25. The molecule has 220 valence electrons. The Morgan fingerprint density at radius 1 is 1.15 bits per heavy atom. The molecule has 2 aliphatic rings. The van der Waals surface area contributed by atoms with E-state index < -0.39 is 60.3 Å². The van der Waals surface area contributed by atoms with E-state index in [1.54, 1.807) is 24.3 Å². The van der Waals surface area contributed by atoms with Gasteiger partial charge >= 0.3 is 0 Å². The lowest BCUT2D eigenvalue weighted by Crippen LogP contribution is -2.62. The highest BCUT2D eigenvalue weighted by Gasteiger charge is 2.51. The zero-order valence-electron chi connectivity index (χ0n) is 23.6. The number of alkyl halides is 2. The van der Waals surface area contributed by atoms with Crippen molar-refractivity contribution >= 4 is 17.5 Å². The van der Waals surface area contributed by atoms with Crippen LogP contribution in [0, 0.1) is 17.4 Å². The van der Waals surface area contributed by atoms with Crippen LogP contribution < -0.4 is 10.2 Å². The number of benzene rings is 1. The second kappa shape index (κ2) is 11.3. The normalized spacial score (nSPS) is 22.5. The van der Waals surface area contributed by atoms with E-state index in [0.29, 0.717) is 0 Å². The maximum Gasteiger partial charge on any atom is 0.252 e. The van der Waals surface area contributed by atoms with Crippen LogP contribution in [0.5, 0.6) is 0 Å². The molecule has 12 heteroatoms. The number of aliphatic hydroxyl groups excluding tert-OH is 1. The van der Waals surface area contributed by atoms with Crippen LogP contribution in [-0.2, 0) is 20.5 Å². The number of carbonyl (C=O) groups is 2. The molecule has 2 N–H and O–H groups in total. The van der Waals surface area contributed by atoms with Crippen LogP contribution in [0.3, 0.4) is 0 Å². The lowest BCUT2D eigenvalue weighted by molar-refractivity contribution is -0.133. The summed E-state index contributed by atoms with van der Waals surface area (Å²) >= 11 is 0. The second-order valence-corrected chi connectivity index (χ2v) is 12.0. The van der Waals surface area contributed by atoms with Gasteiger partial charge in [0.1, 0.15) is 6.04 Å². The Kier molecular flexibility index (Phi) is 8.32. The minimum absolute atomic E-state index is 0.0227. The maximum absolute atomic E-state index is 14.4. The van der Waals surface area contributed by atoms with Crippen molar-refractivity contribution in [1.82, 2.24) is 20.2 Å². The van der Waals surface area contributed by atoms with Gasteiger partial charge < -0.3 is 10.4 Å². The molecule has 3 unspecified atom stereocenters. The summed E-state index contributed by atoms with van der Waals surface area (Å²) in [6.45, 7) is 7.37. The maximum atomic E-state index is 14.4. The van der Waals surface area contributed by atoms with Gasteiger partial charge in [0.05, 0.1) is 30.7 Å². The van der Waals surface area contributed by atoms with Crippen molar-refractivity contribution in [3.63, 3.8) is 0 Å². The summed E-state index contributed by atoms with van der Waals surface area (Å²) in [6, 6.07) is 5.20. The fourth-order valence-electron chi connectivity index (χ4n) is 5.44. The monoisotopic (exact) mass is 572 g/mol. The van der Waals surface area contributed by atoms with Gasteiger partial charge in [-0.05, 0) is 42.9 Å². The predicted molar refractivity (Wildman–Crippen MR) is 144 cm³/mol. The molecule has 3 atom stereocenters. The van der Waals surface area contributed by atoms with E-state index in [-0.39, 0.29) is 42.6 Å².